The van der Waals surface area contributed by atoms with Crippen LogP contribution in [0, 0.1) is 28.1 Å². The summed E-state index contributed by atoms with van der Waals surface area (Å²) in [5.41, 5.74) is -4.18. The first-order valence-corrected chi connectivity index (χ1v) is 11.1. The lowest BCUT2D eigenvalue weighted by atomic mass is 9.37. The normalized spacial score (nSPS) is 49.9. The minimum Gasteiger partial charge on any atom is -0.457 e. The highest BCUT2D eigenvalue weighted by Gasteiger charge is 2.87. The summed E-state index contributed by atoms with van der Waals surface area (Å²) >= 11 is 0. The molecule has 2 spiro atoms. The van der Waals surface area contributed by atoms with Crippen LogP contribution in [0.15, 0.2) is 24.3 Å². The molecule has 5 fully saturated rings. The van der Waals surface area contributed by atoms with Crippen LogP contribution < -0.4 is 0 Å². The van der Waals surface area contributed by atoms with E-state index in [0.29, 0.717) is 12.8 Å². The number of hydrogen-bond acceptors (Lipinski definition) is 8. The molecule has 6 rings (SSSR count). The number of carbonyl (C=O) groups excluding carboxylic acids is 3. The zero-order valence-electron chi connectivity index (χ0n) is 18.8. The first-order valence-electron chi connectivity index (χ1n) is 11.1. The molecule has 4 bridgehead atoms. The van der Waals surface area contributed by atoms with Crippen LogP contribution in [0.4, 0.5) is 0 Å². The van der Waals surface area contributed by atoms with Gasteiger partial charge in [-0.25, -0.2) is 0 Å². The minimum absolute atomic E-state index is 0.00159. The van der Waals surface area contributed by atoms with Crippen molar-refractivity contribution in [2.75, 3.05) is 6.61 Å². The molecule has 6 aliphatic rings. The highest BCUT2D eigenvalue weighted by Crippen LogP contribution is 2.77. The van der Waals surface area contributed by atoms with Gasteiger partial charge in [-0.15, -0.1) is 0 Å². The van der Waals surface area contributed by atoms with Crippen LogP contribution in [0.1, 0.15) is 47.0 Å². The predicted octanol–water partition coefficient (Wildman–Crippen LogP) is 1.44. The lowest BCUT2D eigenvalue weighted by Crippen LogP contribution is -2.83. The average molecular weight is 446 g/mol. The molecule has 174 valence electrons. The summed E-state index contributed by atoms with van der Waals surface area (Å²) in [5.74, 6) is -4.47. The Morgan fingerprint density at radius 1 is 1.19 bits per heavy atom. The summed E-state index contributed by atoms with van der Waals surface area (Å²) in [5, 5.41) is 23.7. The van der Waals surface area contributed by atoms with E-state index in [1.165, 1.54) is 13.8 Å². The van der Waals surface area contributed by atoms with Crippen molar-refractivity contribution in [3.8, 4) is 0 Å². The van der Waals surface area contributed by atoms with Crippen molar-refractivity contribution >= 4 is 17.7 Å². The Bertz CT molecular complexity index is 982. The molecule has 2 heterocycles. The van der Waals surface area contributed by atoms with Crippen LogP contribution in [-0.4, -0.2) is 58.1 Å². The fraction of sp³-hybridized carbons (Fsp3) is 0.708. The Morgan fingerprint density at radius 2 is 1.84 bits per heavy atom. The standard InChI is InChI=1S/C24H30O8/c1-12-18(31-13(2)25)23-10-21(12,28)9-6-15(23)22-11-30-24(23,29)19(32-14(3)26)17(22)20(4,5)8-7-16(22)27/h7-8,15,17-19,28-29H,1,6,9-11H2,2-5H3/t15-,17+,18+,19-,21-,22+,23-,24+/m0/s1. The van der Waals surface area contributed by atoms with Crippen LogP contribution in [0.3, 0.4) is 0 Å². The van der Waals surface area contributed by atoms with Crippen LogP contribution >= 0.6 is 0 Å². The summed E-state index contributed by atoms with van der Waals surface area (Å²) in [6, 6.07) is 0. The van der Waals surface area contributed by atoms with E-state index in [-0.39, 0.29) is 24.4 Å². The van der Waals surface area contributed by atoms with Crippen molar-refractivity contribution in [3.63, 3.8) is 0 Å². The number of fused-ring (bicyclic) bond motifs is 2. The smallest absolute Gasteiger partial charge is 0.303 e. The maximum absolute atomic E-state index is 13.7. The minimum atomic E-state index is -2.08. The van der Waals surface area contributed by atoms with Crippen molar-refractivity contribution in [1.82, 2.24) is 0 Å². The first kappa shape index (κ1) is 21.8. The Labute approximate surface area is 186 Å². The van der Waals surface area contributed by atoms with Gasteiger partial charge in [-0.05, 0) is 42.2 Å². The maximum atomic E-state index is 13.7. The number of aliphatic hydroxyl groups is 2. The summed E-state index contributed by atoms with van der Waals surface area (Å²) < 4.78 is 17.5. The van der Waals surface area contributed by atoms with Gasteiger partial charge < -0.3 is 24.4 Å². The third kappa shape index (κ3) is 2.21. The Hall–Kier alpha value is -2.03. The molecule has 8 nitrogen and oxygen atoms in total. The molecule has 4 aliphatic carbocycles. The Kier molecular flexibility index (Phi) is 4.15. The van der Waals surface area contributed by atoms with Crippen molar-refractivity contribution in [2.45, 2.75) is 70.6 Å². The summed E-state index contributed by atoms with van der Waals surface area (Å²) in [7, 11) is 0. The highest BCUT2D eigenvalue weighted by molar-refractivity contribution is 5.97. The molecule has 3 saturated carbocycles. The molecular weight excluding hydrogens is 416 g/mol. The molecule has 8 heteroatoms. The summed E-state index contributed by atoms with van der Waals surface area (Å²) in [6.45, 7) is 10.4. The van der Waals surface area contributed by atoms with Gasteiger partial charge >= 0.3 is 11.9 Å². The van der Waals surface area contributed by atoms with E-state index in [0.717, 1.165) is 0 Å². The van der Waals surface area contributed by atoms with Gasteiger partial charge in [0.2, 0.25) is 5.79 Å². The van der Waals surface area contributed by atoms with E-state index >= 15 is 0 Å². The van der Waals surface area contributed by atoms with E-state index in [4.69, 9.17) is 14.2 Å². The van der Waals surface area contributed by atoms with Crippen LogP contribution in [-0.2, 0) is 28.6 Å². The number of allylic oxidation sites excluding steroid dienone is 2. The van der Waals surface area contributed by atoms with E-state index in [1.807, 2.05) is 13.8 Å². The third-order valence-electron chi connectivity index (χ3n) is 9.00. The number of rotatable bonds is 2. The summed E-state index contributed by atoms with van der Waals surface area (Å²) in [4.78, 5) is 38.0. The van der Waals surface area contributed by atoms with Gasteiger partial charge in [0.1, 0.15) is 6.10 Å². The fourth-order valence-electron chi connectivity index (χ4n) is 8.00. The van der Waals surface area contributed by atoms with Gasteiger partial charge in [-0.3, -0.25) is 14.4 Å². The van der Waals surface area contributed by atoms with Gasteiger partial charge in [-0.2, -0.15) is 0 Å². The Morgan fingerprint density at radius 3 is 2.47 bits per heavy atom. The summed E-state index contributed by atoms with van der Waals surface area (Å²) in [6.07, 6.45) is 1.82. The van der Waals surface area contributed by atoms with Crippen LogP contribution in [0.5, 0.6) is 0 Å². The molecule has 0 amide bonds. The number of ether oxygens (including phenoxy) is 3. The van der Waals surface area contributed by atoms with E-state index in [9.17, 15) is 24.6 Å². The zero-order chi connectivity index (χ0) is 23.5. The van der Waals surface area contributed by atoms with Gasteiger partial charge in [0.15, 0.2) is 11.9 Å². The van der Waals surface area contributed by atoms with Crippen molar-refractivity contribution in [1.29, 1.82) is 0 Å². The second-order valence-corrected chi connectivity index (χ2v) is 10.9. The topological polar surface area (TPSA) is 119 Å². The third-order valence-corrected chi connectivity index (χ3v) is 9.00. The van der Waals surface area contributed by atoms with E-state index in [2.05, 4.69) is 6.58 Å². The molecule has 2 aliphatic heterocycles. The maximum Gasteiger partial charge on any atom is 0.303 e. The molecule has 8 atom stereocenters. The molecule has 0 aromatic carbocycles. The lowest BCUT2D eigenvalue weighted by molar-refractivity contribution is -0.443. The quantitative estimate of drug-likeness (QED) is 0.483. The number of hydrogen-bond donors (Lipinski definition) is 2. The van der Waals surface area contributed by atoms with Crippen molar-refractivity contribution in [2.24, 2.45) is 28.1 Å². The number of ketones is 1. The Balaban J connectivity index is 1.82. The average Bonchev–Trinajstić information content (AvgIpc) is 2.84. The van der Waals surface area contributed by atoms with Gasteiger partial charge in [-0.1, -0.05) is 26.5 Å². The van der Waals surface area contributed by atoms with Crippen molar-refractivity contribution < 1.29 is 38.8 Å². The molecule has 0 radical (unpaired) electrons. The van der Waals surface area contributed by atoms with Gasteiger partial charge in [0.25, 0.3) is 0 Å². The molecule has 0 aromatic heterocycles. The molecule has 0 unspecified atom stereocenters. The predicted molar refractivity (Wildman–Crippen MR) is 110 cm³/mol. The zero-order valence-corrected chi connectivity index (χ0v) is 18.8. The monoisotopic (exact) mass is 446 g/mol. The fourth-order valence-corrected chi connectivity index (χ4v) is 8.00. The SMILES string of the molecule is C=C1[C@@H](OC(C)=O)[C@]23C[C@@]1(O)CC[C@H]2[C@@]12CO[C@]3(O)[C@@H](OC(C)=O)[C@@H]1C(C)(C)C=CC2=O. The highest BCUT2D eigenvalue weighted by atomic mass is 16.7. The van der Waals surface area contributed by atoms with E-state index in [1.54, 1.807) is 12.2 Å². The molecule has 2 N–H and O–H groups in total. The van der Waals surface area contributed by atoms with Crippen LogP contribution in [0.25, 0.3) is 0 Å². The van der Waals surface area contributed by atoms with E-state index < -0.39 is 63.6 Å². The van der Waals surface area contributed by atoms with Crippen molar-refractivity contribution in [3.05, 3.63) is 24.3 Å². The molecule has 0 aromatic rings. The van der Waals surface area contributed by atoms with Gasteiger partial charge in [0, 0.05) is 19.8 Å². The number of carbonyl (C=O) groups is 3. The molecular formula is C24H30O8. The van der Waals surface area contributed by atoms with Crippen LogP contribution in [0.2, 0.25) is 0 Å². The second-order valence-electron chi connectivity index (χ2n) is 10.9. The van der Waals surface area contributed by atoms with Gasteiger partial charge in [0.05, 0.1) is 23.0 Å². The lowest BCUT2D eigenvalue weighted by Gasteiger charge is -2.72. The first-order chi connectivity index (χ1) is 14.8. The molecule has 32 heavy (non-hydrogen) atoms. The largest absolute Gasteiger partial charge is 0.457 e. The molecule has 2 saturated heterocycles. The number of esters is 2. The second kappa shape index (κ2) is 6.10.